The normalized spacial score (nSPS) is 16.3. The second-order valence-corrected chi connectivity index (χ2v) is 7.65. The van der Waals surface area contributed by atoms with Gasteiger partial charge >= 0.3 is 5.97 Å². The number of aromatic nitrogens is 1. The van der Waals surface area contributed by atoms with Crippen LogP contribution in [-0.2, 0) is 16.1 Å². The lowest BCUT2D eigenvalue weighted by Crippen LogP contribution is -2.46. The highest BCUT2D eigenvalue weighted by molar-refractivity contribution is 7.13. The number of esters is 1. The molecule has 7 nitrogen and oxygen atoms in total. The number of amides is 1. The van der Waals surface area contributed by atoms with Crippen molar-refractivity contribution in [3.05, 3.63) is 47.0 Å². The molecule has 0 spiro atoms. The van der Waals surface area contributed by atoms with Gasteiger partial charge in [-0.15, -0.1) is 11.3 Å². The van der Waals surface area contributed by atoms with Gasteiger partial charge in [0.25, 0.3) is 0 Å². The summed E-state index contributed by atoms with van der Waals surface area (Å²) in [6.45, 7) is 5.95. The second-order valence-electron chi connectivity index (χ2n) is 6.77. The van der Waals surface area contributed by atoms with Gasteiger partial charge < -0.3 is 15.0 Å². The molecule has 1 saturated heterocycles. The second kappa shape index (κ2) is 9.66. The van der Waals surface area contributed by atoms with Crippen molar-refractivity contribution < 1.29 is 14.3 Å². The molecule has 2 heterocycles. The summed E-state index contributed by atoms with van der Waals surface area (Å²) in [5.41, 5.74) is 1.44. The summed E-state index contributed by atoms with van der Waals surface area (Å²) in [4.78, 5) is 33.0. The number of ether oxygens (including phenoxy) is 1. The molecule has 1 fully saturated rings. The Morgan fingerprint density at radius 3 is 2.68 bits per heavy atom. The zero-order valence-corrected chi connectivity index (χ0v) is 17.1. The molecule has 28 heavy (non-hydrogen) atoms. The van der Waals surface area contributed by atoms with Crippen molar-refractivity contribution in [1.29, 1.82) is 0 Å². The molecule has 1 aromatic carbocycles. The number of hydrogen-bond acceptors (Lipinski definition) is 7. The molecule has 1 aliphatic rings. The third kappa shape index (κ3) is 5.08. The van der Waals surface area contributed by atoms with Gasteiger partial charge in [-0.05, 0) is 31.0 Å². The molecule has 0 saturated carbocycles. The number of rotatable bonds is 6. The van der Waals surface area contributed by atoms with Gasteiger partial charge in [0.05, 0.1) is 18.7 Å². The van der Waals surface area contributed by atoms with E-state index in [9.17, 15) is 9.59 Å². The van der Waals surface area contributed by atoms with Gasteiger partial charge in [-0.25, -0.2) is 9.78 Å². The standard InChI is InChI=1S/C20H26N4O3S/c1-15(23-9-3-10-24(12-11-23)20-21-8-13-28-20)18(25)22-14-16-4-6-17(7-5-16)19(26)27-2/h4-8,13,15H,3,9-12,14H2,1-2H3,(H,22,25)/t15-/m1/s1. The van der Waals surface area contributed by atoms with E-state index in [0.717, 1.165) is 43.3 Å². The van der Waals surface area contributed by atoms with Crippen LogP contribution in [0.15, 0.2) is 35.8 Å². The number of nitrogens with zero attached hydrogens (tertiary/aromatic N) is 3. The van der Waals surface area contributed by atoms with Gasteiger partial charge in [-0.3, -0.25) is 9.69 Å². The zero-order valence-electron chi connectivity index (χ0n) is 16.3. The monoisotopic (exact) mass is 402 g/mol. The lowest BCUT2D eigenvalue weighted by Gasteiger charge is -2.27. The minimum absolute atomic E-state index is 0.0137. The predicted molar refractivity (Wildman–Crippen MR) is 110 cm³/mol. The minimum Gasteiger partial charge on any atom is -0.465 e. The van der Waals surface area contributed by atoms with Crippen LogP contribution >= 0.6 is 11.3 Å². The molecule has 0 bridgehead atoms. The van der Waals surface area contributed by atoms with Crippen molar-refractivity contribution in [1.82, 2.24) is 15.2 Å². The summed E-state index contributed by atoms with van der Waals surface area (Å²) in [5.74, 6) is -0.350. The fourth-order valence-corrected chi connectivity index (χ4v) is 3.96. The van der Waals surface area contributed by atoms with Gasteiger partial charge in [0.1, 0.15) is 0 Å². The maximum atomic E-state index is 12.6. The molecule has 1 atom stereocenters. The maximum Gasteiger partial charge on any atom is 0.337 e. The van der Waals surface area contributed by atoms with Crippen molar-refractivity contribution in [2.45, 2.75) is 25.9 Å². The van der Waals surface area contributed by atoms with Gasteiger partial charge in [0.2, 0.25) is 5.91 Å². The number of benzene rings is 1. The summed E-state index contributed by atoms with van der Waals surface area (Å²) >= 11 is 1.65. The van der Waals surface area contributed by atoms with Gasteiger partial charge in [0, 0.05) is 44.3 Å². The van der Waals surface area contributed by atoms with Crippen LogP contribution in [0.3, 0.4) is 0 Å². The van der Waals surface area contributed by atoms with Crippen LogP contribution < -0.4 is 10.2 Å². The Balaban J connectivity index is 1.49. The molecular weight excluding hydrogens is 376 g/mol. The number of methoxy groups -OCH3 is 1. The molecule has 1 aromatic heterocycles. The molecule has 8 heteroatoms. The Kier molecular flexibility index (Phi) is 7.00. The molecule has 0 aliphatic carbocycles. The van der Waals surface area contributed by atoms with Crippen LogP contribution in [0, 0.1) is 0 Å². The van der Waals surface area contributed by atoms with E-state index in [1.807, 2.05) is 30.6 Å². The highest BCUT2D eigenvalue weighted by Gasteiger charge is 2.24. The molecule has 1 N–H and O–H groups in total. The SMILES string of the molecule is COC(=O)c1ccc(CNC(=O)[C@@H](C)N2CCCN(c3nccs3)CC2)cc1. The highest BCUT2D eigenvalue weighted by Crippen LogP contribution is 2.19. The number of anilines is 1. The Morgan fingerprint density at radius 1 is 1.21 bits per heavy atom. The van der Waals surface area contributed by atoms with Crippen LogP contribution in [0.4, 0.5) is 5.13 Å². The zero-order chi connectivity index (χ0) is 19.9. The average molecular weight is 403 g/mol. The van der Waals surface area contributed by atoms with Crippen LogP contribution in [0.5, 0.6) is 0 Å². The van der Waals surface area contributed by atoms with E-state index in [1.165, 1.54) is 7.11 Å². The number of nitrogens with one attached hydrogen (secondary N) is 1. The van der Waals surface area contributed by atoms with E-state index in [4.69, 9.17) is 4.74 Å². The maximum absolute atomic E-state index is 12.6. The Bertz CT molecular complexity index is 779. The number of thiazole rings is 1. The van der Waals surface area contributed by atoms with E-state index in [0.29, 0.717) is 12.1 Å². The quantitative estimate of drug-likeness (QED) is 0.747. The van der Waals surface area contributed by atoms with Crippen molar-refractivity contribution >= 4 is 28.3 Å². The summed E-state index contributed by atoms with van der Waals surface area (Å²) in [7, 11) is 1.36. The average Bonchev–Trinajstić information content (AvgIpc) is 3.16. The fourth-order valence-electron chi connectivity index (χ4n) is 3.27. The first-order valence-corrected chi connectivity index (χ1v) is 10.3. The van der Waals surface area contributed by atoms with Gasteiger partial charge in [0.15, 0.2) is 5.13 Å². The van der Waals surface area contributed by atoms with Crippen molar-refractivity contribution in [2.24, 2.45) is 0 Å². The Morgan fingerprint density at radius 2 is 2.00 bits per heavy atom. The van der Waals surface area contributed by atoms with Crippen LogP contribution in [0.2, 0.25) is 0 Å². The van der Waals surface area contributed by atoms with Gasteiger partial charge in [-0.1, -0.05) is 12.1 Å². The molecule has 0 radical (unpaired) electrons. The highest BCUT2D eigenvalue weighted by atomic mass is 32.1. The first kappa shape index (κ1) is 20.3. The smallest absolute Gasteiger partial charge is 0.337 e. The van der Waals surface area contributed by atoms with E-state index < -0.39 is 0 Å². The molecule has 2 aromatic rings. The topological polar surface area (TPSA) is 74.8 Å². The number of carbonyl (C=O) groups is 2. The lowest BCUT2D eigenvalue weighted by molar-refractivity contribution is -0.126. The fraction of sp³-hybridized carbons (Fsp3) is 0.450. The molecular formula is C20H26N4O3S. The molecule has 1 amide bonds. The first-order chi connectivity index (χ1) is 13.6. The molecule has 0 unspecified atom stereocenters. The van der Waals surface area contributed by atoms with E-state index in [-0.39, 0.29) is 17.9 Å². The third-order valence-corrected chi connectivity index (χ3v) is 5.82. The van der Waals surface area contributed by atoms with Crippen LogP contribution in [0.1, 0.15) is 29.3 Å². The van der Waals surface area contributed by atoms with Crippen LogP contribution in [0.25, 0.3) is 0 Å². The number of hydrogen-bond donors (Lipinski definition) is 1. The van der Waals surface area contributed by atoms with E-state index in [1.54, 1.807) is 23.5 Å². The Hall–Kier alpha value is -2.45. The Labute approximate surface area is 169 Å². The molecule has 3 rings (SSSR count). The summed E-state index contributed by atoms with van der Waals surface area (Å²) in [5, 5.41) is 6.04. The number of carbonyl (C=O) groups excluding carboxylic acids is 2. The van der Waals surface area contributed by atoms with Gasteiger partial charge in [-0.2, -0.15) is 0 Å². The predicted octanol–water partition coefficient (Wildman–Crippen LogP) is 2.15. The van der Waals surface area contributed by atoms with Crippen molar-refractivity contribution in [3.63, 3.8) is 0 Å². The summed E-state index contributed by atoms with van der Waals surface area (Å²) in [6.07, 6.45) is 2.84. The molecule has 150 valence electrons. The first-order valence-electron chi connectivity index (χ1n) is 9.42. The largest absolute Gasteiger partial charge is 0.465 e. The van der Waals surface area contributed by atoms with Crippen molar-refractivity contribution in [2.75, 3.05) is 38.2 Å². The van der Waals surface area contributed by atoms with Crippen molar-refractivity contribution in [3.8, 4) is 0 Å². The lowest BCUT2D eigenvalue weighted by atomic mass is 10.1. The van der Waals surface area contributed by atoms with Crippen LogP contribution in [-0.4, -0.2) is 61.1 Å². The minimum atomic E-state index is -0.364. The summed E-state index contributed by atoms with van der Waals surface area (Å²) < 4.78 is 4.69. The summed E-state index contributed by atoms with van der Waals surface area (Å²) in [6, 6.07) is 6.88. The third-order valence-electron chi connectivity index (χ3n) is 4.99. The van der Waals surface area contributed by atoms with E-state index in [2.05, 4.69) is 20.1 Å². The van der Waals surface area contributed by atoms with E-state index >= 15 is 0 Å². The molecule has 1 aliphatic heterocycles.